The molecular weight excluding hydrogens is 435 g/mol. The molecule has 7 heteroatoms. The van der Waals surface area contributed by atoms with E-state index in [4.69, 9.17) is 9.47 Å². The number of halogens is 1. The highest BCUT2D eigenvalue weighted by Crippen LogP contribution is 2.52. The monoisotopic (exact) mass is 458 g/mol. The lowest BCUT2D eigenvalue weighted by atomic mass is 9.92. The van der Waals surface area contributed by atoms with Gasteiger partial charge in [0.1, 0.15) is 18.2 Å². The molecule has 0 bridgehead atoms. The summed E-state index contributed by atoms with van der Waals surface area (Å²) in [5.41, 5.74) is 1.74. The summed E-state index contributed by atoms with van der Waals surface area (Å²) in [5, 5.41) is 0. The number of esters is 1. The summed E-state index contributed by atoms with van der Waals surface area (Å²) in [6, 6.07) is 15.7. The topological polar surface area (TPSA) is 68.7 Å². The maximum Gasteiger partial charge on any atom is 0.341 e. The molecule has 6 rings (SSSR count). The molecule has 1 aliphatic carbocycles. The third kappa shape index (κ3) is 3.34. The molecule has 0 radical (unpaired) electrons. The lowest BCUT2D eigenvalue weighted by molar-refractivity contribution is -0.134. The first-order valence-corrected chi connectivity index (χ1v) is 11.4. The molecule has 2 aromatic carbocycles. The highest BCUT2D eigenvalue weighted by molar-refractivity contribution is 5.95. The molecule has 6 nitrogen and oxygen atoms in total. The van der Waals surface area contributed by atoms with Crippen molar-refractivity contribution in [2.24, 2.45) is 0 Å². The molecule has 1 saturated carbocycles. The second-order valence-corrected chi connectivity index (χ2v) is 9.31. The van der Waals surface area contributed by atoms with Crippen LogP contribution in [0.25, 0.3) is 0 Å². The van der Waals surface area contributed by atoms with Crippen LogP contribution >= 0.6 is 0 Å². The normalized spacial score (nSPS) is 21.9. The summed E-state index contributed by atoms with van der Waals surface area (Å²) in [6.07, 6.45) is 5.37. The van der Waals surface area contributed by atoms with Gasteiger partial charge >= 0.3 is 5.97 Å². The van der Waals surface area contributed by atoms with Crippen LogP contribution in [0.1, 0.15) is 46.3 Å². The summed E-state index contributed by atoms with van der Waals surface area (Å²) < 4.78 is 24.9. The molecular formula is C27H23FN2O4. The average molecular weight is 458 g/mol. The fraction of sp³-hybridized carbons (Fsp3) is 0.296. The van der Waals surface area contributed by atoms with Crippen molar-refractivity contribution in [3.63, 3.8) is 0 Å². The van der Waals surface area contributed by atoms with Gasteiger partial charge in [0.05, 0.1) is 17.5 Å². The van der Waals surface area contributed by atoms with E-state index in [1.165, 1.54) is 18.3 Å². The van der Waals surface area contributed by atoms with Gasteiger partial charge in [0.25, 0.3) is 0 Å². The van der Waals surface area contributed by atoms with Crippen LogP contribution in [0, 0.1) is 5.82 Å². The summed E-state index contributed by atoms with van der Waals surface area (Å²) in [4.78, 5) is 31.8. The van der Waals surface area contributed by atoms with Crippen molar-refractivity contribution in [3.05, 3.63) is 95.1 Å². The minimum absolute atomic E-state index is 0.0800. The number of carbonyl (C=O) groups is 2. The lowest BCUT2D eigenvalue weighted by Crippen LogP contribution is -2.40. The largest absolute Gasteiger partial charge is 0.489 e. The zero-order valence-electron chi connectivity index (χ0n) is 18.5. The molecule has 2 aliphatic heterocycles. The number of hydrogen-bond acceptors (Lipinski definition) is 5. The maximum absolute atomic E-state index is 13.6. The number of rotatable bonds is 5. The molecule has 172 valence electrons. The van der Waals surface area contributed by atoms with Crippen LogP contribution in [-0.4, -0.2) is 34.8 Å². The van der Waals surface area contributed by atoms with Crippen LogP contribution in [0.15, 0.2) is 67.0 Å². The molecule has 1 atom stereocenters. The molecule has 0 unspecified atom stereocenters. The van der Waals surface area contributed by atoms with E-state index in [2.05, 4.69) is 4.98 Å². The number of aromatic nitrogens is 1. The van der Waals surface area contributed by atoms with E-state index in [0.717, 1.165) is 29.5 Å². The Labute approximate surface area is 196 Å². The van der Waals surface area contributed by atoms with E-state index >= 15 is 0 Å². The fourth-order valence-electron chi connectivity index (χ4n) is 5.22. The Morgan fingerprint density at radius 3 is 2.71 bits per heavy atom. The molecule has 1 spiro atoms. The number of ether oxygens (including phenoxy) is 2. The van der Waals surface area contributed by atoms with Crippen LogP contribution in [-0.2, 0) is 27.2 Å². The van der Waals surface area contributed by atoms with Gasteiger partial charge in [0, 0.05) is 30.9 Å². The predicted molar refractivity (Wildman–Crippen MR) is 121 cm³/mol. The standard InChI is InChI=1S/C27H23FN2O4/c28-20-3-1-2-18(14-20)16-33-21-6-4-19(5-7-21)26(9-10-26)25(32)30-13-11-27(17-30)23-8-12-29-15-22(23)24(31)34-27/h1-8,12,14-15H,9-11,13,16-17H2/t27-/m0/s1. The summed E-state index contributed by atoms with van der Waals surface area (Å²) in [5.74, 6) is 0.0880. The van der Waals surface area contributed by atoms with E-state index < -0.39 is 11.0 Å². The van der Waals surface area contributed by atoms with Gasteiger partial charge < -0.3 is 14.4 Å². The van der Waals surface area contributed by atoms with Gasteiger partial charge in [-0.15, -0.1) is 0 Å². The van der Waals surface area contributed by atoms with E-state index in [9.17, 15) is 14.0 Å². The Kier molecular flexibility index (Phi) is 4.69. The van der Waals surface area contributed by atoms with Gasteiger partial charge in [-0.25, -0.2) is 9.18 Å². The van der Waals surface area contributed by atoms with E-state index in [1.807, 2.05) is 41.3 Å². The first kappa shape index (κ1) is 20.8. The van der Waals surface area contributed by atoms with Crippen molar-refractivity contribution in [2.45, 2.75) is 36.9 Å². The van der Waals surface area contributed by atoms with Crippen LogP contribution < -0.4 is 4.74 Å². The Morgan fingerprint density at radius 1 is 1.12 bits per heavy atom. The second-order valence-electron chi connectivity index (χ2n) is 9.31. The number of likely N-dealkylation sites (tertiary alicyclic amines) is 1. The second kappa shape index (κ2) is 7.65. The number of benzene rings is 2. The third-order valence-electron chi connectivity index (χ3n) is 7.20. The van der Waals surface area contributed by atoms with Gasteiger partial charge in [0.15, 0.2) is 5.60 Å². The SMILES string of the molecule is O=C1O[C@]2(CCN(C(=O)C3(c4ccc(OCc5cccc(F)c5)cc4)CC3)C2)c2ccncc21. The highest BCUT2D eigenvalue weighted by Gasteiger charge is 2.57. The number of carbonyl (C=O) groups excluding carboxylic acids is 2. The molecule has 2 fully saturated rings. The van der Waals surface area contributed by atoms with Gasteiger partial charge in [-0.2, -0.15) is 0 Å². The smallest absolute Gasteiger partial charge is 0.341 e. The molecule has 1 amide bonds. The van der Waals surface area contributed by atoms with Crippen LogP contribution in [0.3, 0.4) is 0 Å². The zero-order chi connectivity index (χ0) is 23.3. The van der Waals surface area contributed by atoms with E-state index in [0.29, 0.717) is 30.8 Å². The third-order valence-corrected chi connectivity index (χ3v) is 7.20. The van der Waals surface area contributed by atoms with Crippen LogP contribution in [0.2, 0.25) is 0 Å². The molecule has 3 heterocycles. The van der Waals surface area contributed by atoms with E-state index in [1.54, 1.807) is 12.3 Å². The first-order valence-electron chi connectivity index (χ1n) is 11.4. The fourth-order valence-corrected chi connectivity index (χ4v) is 5.22. The van der Waals surface area contributed by atoms with Crippen molar-refractivity contribution >= 4 is 11.9 Å². The van der Waals surface area contributed by atoms with Gasteiger partial charge in [-0.1, -0.05) is 24.3 Å². The van der Waals surface area contributed by atoms with Crippen LogP contribution in [0.5, 0.6) is 5.75 Å². The van der Waals surface area contributed by atoms with Crippen molar-refractivity contribution in [1.29, 1.82) is 0 Å². The minimum atomic E-state index is -0.768. The summed E-state index contributed by atoms with van der Waals surface area (Å²) in [6.45, 7) is 1.18. The minimum Gasteiger partial charge on any atom is -0.489 e. The van der Waals surface area contributed by atoms with Gasteiger partial charge in [-0.3, -0.25) is 9.78 Å². The quantitative estimate of drug-likeness (QED) is 0.538. The Hall–Kier alpha value is -3.74. The molecule has 1 aromatic heterocycles. The molecule has 3 aliphatic rings. The number of amides is 1. The van der Waals surface area contributed by atoms with Gasteiger partial charge in [0.2, 0.25) is 5.91 Å². The molecule has 3 aromatic rings. The number of pyridine rings is 1. The Morgan fingerprint density at radius 2 is 1.94 bits per heavy atom. The Bertz CT molecular complexity index is 1290. The lowest BCUT2D eigenvalue weighted by Gasteiger charge is -2.27. The van der Waals surface area contributed by atoms with Crippen LogP contribution in [0.4, 0.5) is 4.39 Å². The summed E-state index contributed by atoms with van der Waals surface area (Å²) in [7, 11) is 0. The van der Waals surface area contributed by atoms with Crippen molar-refractivity contribution in [2.75, 3.05) is 13.1 Å². The maximum atomic E-state index is 13.6. The first-order chi connectivity index (χ1) is 16.5. The van der Waals surface area contributed by atoms with Crippen molar-refractivity contribution < 1.29 is 23.5 Å². The van der Waals surface area contributed by atoms with Crippen molar-refractivity contribution in [1.82, 2.24) is 9.88 Å². The predicted octanol–water partition coefficient (Wildman–Crippen LogP) is 4.13. The molecule has 34 heavy (non-hydrogen) atoms. The van der Waals surface area contributed by atoms with E-state index in [-0.39, 0.29) is 24.3 Å². The Balaban J connectivity index is 1.15. The number of fused-ring (bicyclic) bond motifs is 2. The van der Waals surface area contributed by atoms with Gasteiger partial charge in [-0.05, 0) is 54.3 Å². The molecule has 1 saturated heterocycles. The molecule has 0 N–H and O–H groups in total. The number of nitrogens with zero attached hydrogens (tertiary/aromatic N) is 2. The zero-order valence-corrected chi connectivity index (χ0v) is 18.5. The number of hydrogen-bond donors (Lipinski definition) is 0. The van der Waals surface area contributed by atoms with Crippen molar-refractivity contribution in [3.8, 4) is 5.75 Å². The average Bonchev–Trinajstić information content (AvgIpc) is 3.49. The highest BCUT2D eigenvalue weighted by atomic mass is 19.1. The summed E-state index contributed by atoms with van der Waals surface area (Å²) >= 11 is 0.